The Labute approximate surface area is 249 Å². The molecule has 41 heavy (non-hydrogen) atoms. The van der Waals surface area contributed by atoms with Gasteiger partial charge >= 0.3 is 0 Å². The zero-order valence-corrected chi connectivity index (χ0v) is 26.0. The average Bonchev–Trinajstić information content (AvgIpc) is 3.47. The molecule has 0 amide bonds. The average molecular weight is 600 g/mol. The van der Waals surface area contributed by atoms with E-state index in [0.29, 0.717) is 17.1 Å². The molecule has 2 aliphatic rings. The molecule has 2 saturated heterocycles. The van der Waals surface area contributed by atoms with Gasteiger partial charge in [0.05, 0.1) is 16.8 Å². The van der Waals surface area contributed by atoms with E-state index in [-0.39, 0.29) is 0 Å². The van der Waals surface area contributed by atoms with E-state index in [9.17, 15) is 8.42 Å². The third-order valence-corrected chi connectivity index (χ3v) is 9.60. The Morgan fingerprint density at radius 1 is 1.10 bits per heavy atom. The van der Waals surface area contributed by atoms with Crippen LogP contribution < -0.4 is 9.62 Å². The second kappa shape index (κ2) is 12.4. The summed E-state index contributed by atoms with van der Waals surface area (Å²) in [6.07, 6.45) is 10.0. The highest BCUT2D eigenvalue weighted by molar-refractivity contribution is 7.88. The molecule has 2 aliphatic heterocycles. The number of pyridine rings is 1. The second-order valence-electron chi connectivity index (χ2n) is 11.9. The SMILES string of the molecule is CC[C@H]1CN(c2ncc(-c3ncc[nH]3)cc2Cl)CCN1C1CCN(Cc2ccc(C(C)(C)NS(C)(=O)=O)cc2)CC1. The summed E-state index contributed by atoms with van der Waals surface area (Å²) in [4.78, 5) is 19.8. The number of piperazine rings is 1. The third kappa shape index (κ3) is 7.29. The Balaban J connectivity index is 1.14. The van der Waals surface area contributed by atoms with Crippen molar-refractivity contribution < 1.29 is 8.42 Å². The predicted molar refractivity (Wildman–Crippen MR) is 166 cm³/mol. The van der Waals surface area contributed by atoms with Crippen LogP contribution in [-0.2, 0) is 22.1 Å². The quantitative estimate of drug-likeness (QED) is 0.374. The lowest BCUT2D eigenvalue weighted by atomic mass is 9.94. The lowest BCUT2D eigenvalue weighted by Gasteiger charge is -2.47. The summed E-state index contributed by atoms with van der Waals surface area (Å²) in [5, 5.41) is 0.666. The Kier molecular flexibility index (Phi) is 9.06. The number of nitrogens with zero attached hydrogens (tertiary/aromatic N) is 5. The lowest BCUT2D eigenvalue weighted by molar-refractivity contribution is 0.0610. The van der Waals surface area contributed by atoms with Crippen LogP contribution >= 0.6 is 11.6 Å². The molecule has 0 bridgehead atoms. The zero-order valence-electron chi connectivity index (χ0n) is 24.5. The van der Waals surface area contributed by atoms with Crippen LogP contribution in [0.3, 0.4) is 0 Å². The van der Waals surface area contributed by atoms with Crippen molar-refractivity contribution in [2.75, 3.05) is 43.9 Å². The van der Waals surface area contributed by atoms with Gasteiger partial charge in [0, 0.05) is 62.4 Å². The zero-order chi connectivity index (χ0) is 29.2. The van der Waals surface area contributed by atoms with Gasteiger partial charge in [-0.3, -0.25) is 9.80 Å². The fourth-order valence-electron chi connectivity index (χ4n) is 6.34. The number of benzene rings is 1. The normalized spacial score (nSPS) is 20.0. The second-order valence-corrected chi connectivity index (χ2v) is 14.1. The van der Waals surface area contributed by atoms with Crippen molar-refractivity contribution in [3.8, 4) is 11.4 Å². The molecular formula is C30H42ClN7O2S. The molecule has 9 nitrogen and oxygen atoms in total. The van der Waals surface area contributed by atoms with E-state index in [0.717, 1.165) is 81.3 Å². The number of hydrogen-bond acceptors (Lipinski definition) is 7. The van der Waals surface area contributed by atoms with E-state index >= 15 is 0 Å². The summed E-state index contributed by atoms with van der Waals surface area (Å²) in [6, 6.07) is 11.3. The topological polar surface area (TPSA) is 97.5 Å². The Bertz CT molecular complexity index is 1410. The highest BCUT2D eigenvalue weighted by Crippen LogP contribution is 2.31. The lowest BCUT2D eigenvalue weighted by Crippen LogP contribution is -2.58. The van der Waals surface area contributed by atoms with Gasteiger partial charge in [0.1, 0.15) is 11.6 Å². The maximum Gasteiger partial charge on any atom is 0.209 e. The number of H-pyrrole nitrogens is 1. The van der Waals surface area contributed by atoms with Gasteiger partial charge in [0.15, 0.2) is 0 Å². The maximum absolute atomic E-state index is 11.7. The highest BCUT2D eigenvalue weighted by Gasteiger charge is 2.34. The van der Waals surface area contributed by atoms with Gasteiger partial charge in [-0.05, 0) is 63.4 Å². The standard InChI is InChI=1S/C30H42ClN7O2S/c1-5-25-21-37(29-27(31)18-23(19-34-29)28-32-12-13-33-28)16-17-38(25)26-10-14-36(15-11-26)20-22-6-8-24(9-7-22)30(2,3)35-41(4,39)40/h6-9,12-13,18-19,25-26,35H,5,10-11,14-17,20-21H2,1-4H3,(H,32,33)/t25-/m0/s1. The molecule has 1 atom stereocenters. The molecule has 222 valence electrons. The highest BCUT2D eigenvalue weighted by atomic mass is 35.5. The van der Waals surface area contributed by atoms with Crippen molar-refractivity contribution in [2.24, 2.45) is 0 Å². The van der Waals surface area contributed by atoms with Gasteiger partial charge in [-0.25, -0.2) is 23.1 Å². The summed E-state index contributed by atoms with van der Waals surface area (Å²) in [5.41, 5.74) is 2.46. The Morgan fingerprint density at radius 3 is 2.44 bits per heavy atom. The first-order valence-corrected chi connectivity index (χ1v) is 16.8. The molecule has 2 fully saturated rings. The van der Waals surface area contributed by atoms with Crippen LogP contribution in [0.2, 0.25) is 5.02 Å². The van der Waals surface area contributed by atoms with Gasteiger partial charge in [0.25, 0.3) is 0 Å². The van der Waals surface area contributed by atoms with Crippen molar-refractivity contribution in [3.63, 3.8) is 0 Å². The molecule has 4 heterocycles. The molecular weight excluding hydrogens is 558 g/mol. The van der Waals surface area contributed by atoms with Crippen LogP contribution in [-0.4, -0.2) is 84.2 Å². The van der Waals surface area contributed by atoms with Crippen LogP contribution in [0.25, 0.3) is 11.4 Å². The van der Waals surface area contributed by atoms with Crippen LogP contribution in [0.4, 0.5) is 5.82 Å². The molecule has 3 aromatic rings. The van der Waals surface area contributed by atoms with E-state index in [1.165, 1.54) is 11.8 Å². The molecule has 0 saturated carbocycles. The molecule has 5 rings (SSSR count). The maximum atomic E-state index is 11.7. The molecule has 1 aromatic carbocycles. The summed E-state index contributed by atoms with van der Waals surface area (Å²) in [5.74, 6) is 1.63. The number of aromatic amines is 1. The summed E-state index contributed by atoms with van der Waals surface area (Å²) >= 11 is 6.70. The van der Waals surface area contributed by atoms with Crippen molar-refractivity contribution in [1.82, 2.24) is 29.5 Å². The molecule has 0 aliphatic carbocycles. The number of hydrogen-bond donors (Lipinski definition) is 2. The largest absolute Gasteiger partial charge is 0.353 e. The fourth-order valence-corrected chi connectivity index (χ4v) is 7.67. The number of halogens is 1. The van der Waals surface area contributed by atoms with Gasteiger partial charge in [-0.1, -0.05) is 42.8 Å². The first kappa shape index (κ1) is 30.0. The number of anilines is 1. The van der Waals surface area contributed by atoms with Gasteiger partial charge < -0.3 is 9.88 Å². The van der Waals surface area contributed by atoms with E-state index in [1.807, 2.05) is 38.2 Å². The molecule has 2 aromatic heterocycles. The van der Waals surface area contributed by atoms with Gasteiger partial charge in [0.2, 0.25) is 10.0 Å². The number of rotatable bonds is 9. The molecule has 0 unspecified atom stereocenters. The van der Waals surface area contributed by atoms with E-state index in [4.69, 9.17) is 16.6 Å². The summed E-state index contributed by atoms with van der Waals surface area (Å²) in [7, 11) is -3.29. The van der Waals surface area contributed by atoms with Gasteiger partial charge in [-0.15, -0.1) is 0 Å². The van der Waals surface area contributed by atoms with Crippen LogP contribution in [0.1, 0.15) is 51.2 Å². The minimum atomic E-state index is -3.29. The fraction of sp³-hybridized carbons (Fsp3) is 0.533. The number of sulfonamides is 1. The van der Waals surface area contributed by atoms with Crippen LogP contribution in [0.15, 0.2) is 48.9 Å². The molecule has 11 heteroatoms. The third-order valence-electron chi connectivity index (χ3n) is 8.44. The minimum Gasteiger partial charge on any atom is -0.353 e. The number of likely N-dealkylation sites (tertiary alicyclic amines) is 1. The van der Waals surface area contributed by atoms with E-state index in [2.05, 4.69) is 48.4 Å². The van der Waals surface area contributed by atoms with E-state index in [1.54, 1.807) is 12.4 Å². The van der Waals surface area contributed by atoms with Crippen LogP contribution in [0.5, 0.6) is 0 Å². The monoisotopic (exact) mass is 599 g/mol. The molecule has 0 spiro atoms. The van der Waals surface area contributed by atoms with Crippen molar-refractivity contribution in [1.29, 1.82) is 0 Å². The Morgan fingerprint density at radius 2 is 1.83 bits per heavy atom. The summed E-state index contributed by atoms with van der Waals surface area (Å²) < 4.78 is 26.2. The molecule has 0 radical (unpaired) electrons. The minimum absolute atomic E-state index is 0.472. The smallest absolute Gasteiger partial charge is 0.209 e. The number of nitrogens with one attached hydrogen (secondary N) is 2. The van der Waals surface area contributed by atoms with Crippen molar-refractivity contribution in [3.05, 3.63) is 65.1 Å². The first-order valence-electron chi connectivity index (χ1n) is 14.5. The summed E-state index contributed by atoms with van der Waals surface area (Å²) in [6.45, 7) is 12.0. The van der Waals surface area contributed by atoms with E-state index < -0.39 is 15.6 Å². The van der Waals surface area contributed by atoms with Crippen molar-refractivity contribution in [2.45, 2.75) is 64.2 Å². The number of aromatic nitrogens is 3. The number of piperidine rings is 1. The predicted octanol–water partition coefficient (Wildman–Crippen LogP) is 4.47. The van der Waals surface area contributed by atoms with Gasteiger partial charge in [-0.2, -0.15) is 0 Å². The van der Waals surface area contributed by atoms with Crippen molar-refractivity contribution >= 4 is 27.4 Å². The molecule has 2 N–H and O–H groups in total. The van der Waals surface area contributed by atoms with Crippen LogP contribution in [0, 0.1) is 0 Å². The Hall–Kier alpha value is -2.50. The number of imidazole rings is 1. The first-order chi connectivity index (χ1) is 19.5.